The molecule has 0 spiro atoms. The van der Waals surface area contributed by atoms with Crippen molar-refractivity contribution in [2.24, 2.45) is 29.6 Å². The molecule has 0 aromatic carbocycles. The van der Waals surface area contributed by atoms with Crippen molar-refractivity contribution in [1.82, 2.24) is 16.0 Å². The third-order valence-electron chi connectivity index (χ3n) is 7.67. The zero-order valence-electron chi connectivity index (χ0n) is 21.1. The molecule has 0 radical (unpaired) electrons. The molecule has 1 saturated heterocycles. The molecule has 206 valence electrons. The maximum absolute atomic E-state index is 13.1. The normalized spacial score (nSPS) is 28.6. The molecule has 3 rings (SSSR count). The minimum Gasteiger partial charge on any atom is -0.449 e. The van der Waals surface area contributed by atoms with E-state index in [0.717, 1.165) is 12.8 Å². The van der Waals surface area contributed by atoms with Crippen molar-refractivity contribution in [2.45, 2.75) is 89.2 Å². The topological polar surface area (TPSA) is 171 Å². The Morgan fingerprint density at radius 2 is 1.78 bits per heavy atom. The van der Waals surface area contributed by atoms with Crippen molar-refractivity contribution < 1.29 is 37.2 Å². The summed E-state index contributed by atoms with van der Waals surface area (Å²) in [6.45, 7) is 4.41. The molecular weight excluding hydrogens is 490 g/mol. The number of carbonyl (C=O) groups excluding carboxylic acids is 3. The van der Waals surface area contributed by atoms with Crippen LogP contribution in [-0.2, 0) is 24.4 Å². The van der Waals surface area contributed by atoms with Gasteiger partial charge in [-0.2, -0.15) is 8.42 Å². The van der Waals surface area contributed by atoms with Crippen LogP contribution in [0.2, 0.25) is 0 Å². The van der Waals surface area contributed by atoms with E-state index in [2.05, 4.69) is 16.0 Å². The predicted molar refractivity (Wildman–Crippen MR) is 131 cm³/mol. The van der Waals surface area contributed by atoms with E-state index in [4.69, 9.17) is 4.74 Å². The van der Waals surface area contributed by atoms with Crippen molar-refractivity contribution in [2.75, 3.05) is 13.2 Å². The fourth-order valence-corrected chi connectivity index (χ4v) is 6.59. The molecule has 1 heterocycles. The third-order valence-corrected chi connectivity index (χ3v) is 8.61. The average molecular weight is 532 g/mol. The number of amides is 3. The van der Waals surface area contributed by atoms with Crippen LogP contribution in [0, 0.1) is 29.6 Å². The maximum atomic E-state index is 13.1. The van der Waals surface area contributed by atoms with Gasteiger partial charge in [0, 0.05) is 12.5 Å². The Hall–Kier alpha value is -1.92. The van der Waals surface area contributed by atoms with E-state index < -0.39 is 45.6 Å². The highest BCUT2D eigenvalue weighted by atomic mass is 32.2. The highest BCUT2D eigenvalue weighted by molar-refractivity contribution is 7.86. The maximum Gasteiger partial charge on any atom is 0.407 e. The second kappa shape index (κ2) is 12.6. The number of fused-ring (bicyclic) bond motifs is 2. The Kier molecular flexibility index (Phi) is 9.99. The smallest absolute Gasteiger partial charge is 0.407 e. The van der Waals surface area contributed by atoms with Gasteiger partial charge in [0.05, 0.1) is 12.6 Å². The molecule has 5 N–H and O–H groups in total. The minimum atomic E-state index is -4.91. The van der Waals surface area contributed by atoms with E-state index >= 15 is 0 Å². The van der Waals surface area contributed by atoms with Crippen molar-refractivity contribution in [3.63, 3.8) is 0 Å². The standard InChI is InChI=1S/C24H41N3O8S/c1-14(2)8-19(27-24(31)35-13-17-10-15-4-3-5-16(9-15)11-17)22(29)26-20(23(30)36(32,33)34)12-18-6-7-25-21(18)28/h14-20,23,30H,3-13H2,1-2H3,(H,25,28)(H,26,29)(H,27,31)(H,32,33,34)/t15-,16+,17?,18-,19-,20-,23?/m0/s1. The van der Waals surface area contributed by atoms with Crippen LogP contribution in [0.25, 0.3) is 0 Å². The summed E-state index contributed by atoms with van der Waals surface area (Å²) >= 11 is 0. The summed E-state index contributed by atoms with van der Waals surface area (Å²) in [5.41, 5.74) is -2.31. The third kappa shape index (κ3) is 8.31. The lowest BCUT2D eigenvalue weighted by atomic mass is 9.68. The molecule has 3 aliphatic rings. The van der Waals surface area contributed by atoms with Crippen LogP contribution in [-0.4, -0.2) is 66.7 Å². The van der Waals surface area contributed by atoms with Gasteiger partial charge in [0.15, 0.2) is 0 Å². The summed E-state index contributed by atoms with van der Waals surface area (Å²) in [7, 11) is -4.91. The Labute approximate surface area is 213 Å². The van der Waals surface area contributed by atoms with Gasteiger partial charge in [-0.15, -0.1) is 0 Å². The van der Waals surface area contributed by atoms with Gasteiger partial charge in [0.1, 0.15) is 6.04 Å². The second-order valence-corrected chi connectivity index (χ2v) is 12.7. The molecular formula is C24H41N3O8S. The van der Waals surface area contributed by atoms with Crippen LogP contribution in [0.1, 0.15) is 71.6 Å². The zero-order valence-corrected chi connectivity index (χ0v) is 22.0. The minimum absolute atomic E-state index is 0.00401. The van der Waals surface area contributed by atoms with Crippen LogP contribution < -0.4 is 16.0 Å². The molecule has 2 aliphatic carbocycles. The largest absolute Gasteiger partial charge is 0.449 e. The van der Waals surface area contributed by atoms with Crippen LogP contribution >= 0.6 is 0 Å². The Balaban J connectivity index is 1.59. The molecule has 36 heavy (non-hydrogen) atoms. The number of carbonyl (C=O) groups is 3. The number of aliphatic hydroxyl groups is 1. The summed E-state index contributed by atoms with van der Waals surface area (Å²) in [4.78, 5) is 37.6. The van der Waals surface area contributed by atoms with Gasteiger partial charge in [-0.3, -0.25) is 14.1 Å². The van der Waals surface area contributed by atoms with Crippen molar-refractivity contribution >= 4 is 28.0 Å². The number of hydrogen-bond donors (Lipinski definition) is 5. The summed E-state index contributed by atoms with van der Waals surface area (Å²) in [6, 6.07) is -2.48. The number of rotatable bonds is 11. The Morgan fingerprint density at radius 1 is 1.11 bits per heavy atom. The average Bonchev–Trinajstić information content (AvgIpc) is 3.19. The number of nitrogens with one attached hydrogen (secondary N) is 3. The van der Waals surface area contributed by atoms with Crippen LogP contribution in [0.5, 0.6) is 0 Å². The molecule has 3 amide bonds. The predicted octanol–water partition coefficient (Wildman–Crippen LogP) is 1.56. The van der Waals surface area contributed by atoms with Gasteiger partial charge in [0.2, 0.25) is 17.3 Å². The summed E-state index contributed by atoms with van der Waals surface area (Å²) in [6.07, 6.45) is 6.83. The highest BCUT2D eigenvalue weighted by Gasteiger charge is 2.38. The van der Waals surface area contributed by atoms with E-state index in [9.17, 15) is 32.5 Å². The van der Waals surface area contributed by atoms with E-state index in [1.54, 1.807) is 0 Å². The van der Waals surface area contributed by atoms with Gasteiger partial charge in [0.25, 0.3) is 10.1 Å². The lowest BCUT2D eigenvalue weighted by Gasteiger charge is -2.38. The molecule has 2 unspecified atom stereocenters. The Bertz CT molecular complexity index is 884. The van der Waals surface area contributed by atoms with E-state index in [0.29, 0.717) is 30.7 Å². The lowest BCUT2D eigenvalue weighted by Crippen LogP contribution is -2.55. The van der Waals surface area contributed by atoms with E-state index in [-0.39, 0.29) is 31.3 Å². The van der Waals surface area contributed by atoms with Crippen LogP contribution in [0.15, 0.2) is 0 Å². The van der Waals surface area contributed by atoms with Crippen LogP contribution in [0.4, 0.5) is 4.79 Å². The number of aliphatic hydroxyl groups excluding tert-OH is 1. The van der Waals surface area contributed by atoms with Gasteiger partial charge in [-0.1, -0.05) is 33.1 Å². The first-order valence-corrected chi connectivity index (χ1v) is 14.6. The van der Waals surface area contributed by atoms with Crippen molar-refractivity contribution in [1.29, 1.82) is 0 Å². The molecule has 12 heteroatoms. The first kappa shape index (κ1) is 28.6. The Morgan fingerprint density at radius 3 is 2.33 bits per heavy atom. The number of ether oxygens (including phenoxy) is 1. The van der Waals surface area contributed by atoms with Gasteiger partial charge >= 0.3 is 6.09 Å². The molecule has 3 fully saturated rings. The monoisotopic (exact) mass is 531 g/mol. The van der Waals surface area contributed by atoms with Crippen molar-refractivity contribution in [3.05, 3.63) is 0 Å². The van der Waals surface area contributed by atoms with Gasteiger partial charge in [-0.05, 0) is 62.2 Å². The van der Waals surface area contributed by atoms with E-state index in [1.807, 2.05) is 13.8 Å². The molecule has 0 aromatic rings. The first-order valence-electron chi connectivity index (χ1n) is 13.1. The van der Waals surface area contributed by atoms with Gasteiger partial charge in [-0.25, -0.2) is 4.79 Å². The summed E-state index contributed by atoms with van der Waals surface area (Å²) < 4.78 is 38.1. The van der Waals surface area contributed by atoms with E-state index in [1.165, 1.54) is 25.7 Å². The highest BCUT2D eigenvalue weighted by Crippen LogP contribution is 2.42. The first-order chi connectivity index (χ1) is 16.9. The molecule has 0 aromatic heterocycles. The summed E-state index contributed by atoms with van der Waals surface area (Å²) in [5.74, 6) is 0.0445. The number of hydrogen-bond acceptors (Lipinski definition) is 7. The summed E-state index contributed by atoms with van der Waals surface area (Å²) in [5, 5.41) is 17.8. The second-order valence-electron chi connectivity index (χ2n) is 11.2. The van der Waals surface area contributed by atoms with Crippen molar-refractivity contribution in [3.8, 4) is 0 Å². The quantitative estimate of drug-likeness (QED) is 0.250. The number of alkyl carbamates (subject to hydrolysis) is 1. The van der Waals surface area contributed by atoms with Gasteiger partial charge < -0.3 is 25.8 Å². The molecule has 2 saturated carbocycles. The molecule has 2 bridgehead atoms. The van der Waals surface area contributed by atoms with Crippen LogP contribution in [0.3, 0.4) is 0 Å². The molecule has 1 aliphatic heterocycles. The SMILES string of the molecule is CC(C)C[C@H](NC(=O)OCC1C[C@H]2CCC[C@@H](C1)C2)C(=O)N[C@@H](C[C@@H]1CCNC1=O)C(O)S(=O)(=O)O. The lowest BCUT2D eigenvalue weighted by molar-refractivity contribution is -0.126. The fraction of sp³-hybridized carbons (Fsp3) is 0.875. The fourth-order valence-electron chi connectivity index (χ4n) is 6.00. The zero-order chi connectivity index (χ0) is 26.5. The molecule has 7 atom stereocenters. The molecule has 11 nitrogen and oxygen atoms in total.